The summed E-state index contributed by atoms with van der Waals surface area (Å²) in [6, 6.07) is 17.0. The van der Waals surface area contributed by atoms with Crippen molar-refractivity contribution >= 4 is 28.3 Å². The van der Waals surface area contributed by atoms with Gasteiger partial charge in [-0.15, -0.1) is 0 Å². The number of benzene rings is 2. The minimum atomic E-state index is -0.263. The van der Waals surface area contributed by atoms with E-state index in [1.54, 1.807) is 14.0 Å². The van der Waals surface area contributed by atoms with E-state index in [2.05, 4.69) is 15.8 Å². The summed E-state index contributed by atoms with van der Waals surface area (Å²) in [5, 5.41) is 8.11. The standard InChI is InChI=1S/C19H19N3O3/c1-13(18-11-14-7-3-5-9-16(14)25-18)21-22-19(23)12-20-15-8-4-6-10-17(15)24-2/h3-11,20H,12H2,1-2H3,(H,22,23)/b21-13-. The van der Waals surface area contributed by atoms with Crippen molar-refractivity contribution in [3.05, 3.63) is 60.4 Å². The number of fused-ring (bicyclic) bond motifs is 1. The van der Waals surface area contributed by atoms with Crippen LogP contribution in [0.5, 0.6) is 5.75 Å². The zero-order valence-electron chi connectivity index (χ0n) is 14.1. The van der Waals surface area contributed by atoms with Crippen molar-refractivity contribution in [3.8, 4) is 5.75 Å². The van der Waals surface area contributed by atoms with Gasteiger partial charge in [-0.3, -0.25) is 4.79 Å². The Hall–Kier alpha value is -3.28. The molecule has 0 spiro atoms. The third-order valence-electron chi connectivity index (χ3n) is 3.68. The largest absolute Gasteiger partial charge is 0.495 e. The maximum Gasteiger partial charge on any atom is 0.259 e. The van der Waals surface area contributed by atoms with Gasteiger partial charge >= 0.3 is 0 Å². The molecule has 128 valence electrons. The van der Waals surface area contributed by atoms with Gasteiger partial charge in [-0.2, -0.15) is 5.10 Å². The first-order chi connectivity index (χ1) is 12.2. The molecule has 1 aromatic heterocycles. The molecule has 0 bridgehead atoms. The van der Waals surface area contributed by atoms with Crippen LogP contribution in [0, 0.1) is 0 Å². The highest BCUT2D eigenvalue weighted by Gasteiger charge is 2.08. The van der Waals surface area contributed by atoms with E-state index in [-0.39, 0.29) is 12.5 Å². The summed E-state index contributed by atoms with van der Waals surface area (Å²) in [4.78, 5) is 12.0. The molecule has 6 heteroatoms. The molecule has 0 aliphatic rings. The van der Waals surface area contributed by atoms with Crippen LogP contribution in [0.4, 0.5) is 5.69 Å². The molecule has 3 aromatic rings. The molecule has 0 aliphatic heterocycles. The molecule has 0 saturated heterocycles. The van der Waals surface area contributed by atoms with Gasteiger partial charge < -0.3 is 14.5 Å². The second-order valence-electron chi connectivity index (χ2n) is 5.43. The Bertz CT molecular complexity index is 882. The van der Waals surface area contributed by atoms with E-state index in [0.29, 0.717) is 17.2 Å². The number of nitrogens with zero attached hydrogens (tertiary/aromatic N) is 1. The van der Waals surface area contributed by atoms with Crippen LogP contribution in [-0.4, -0.2) is 25.3 Å². The fourth-order valence-electron chi connectivity index (χ4n) is 2.37. The average Bonchev–Trinajstić information content (AvgIpc) is 3.09. The number of para-hydroxylation sites is 3. The highest BCUT2D eigenvalue weighted by Crippen LogP contribution is 2.22. The van der Waals surface area contributed by atoms with Crippen LogP contribution in [0.15, 0.2) is 64.1 Å². The summed E-state index contributed by atoms with van der Waals surface area (Å²) in [5.41, 5.74) is 4.65. The van der Waals surface area contributed by atoms with Gasteiger partial charge in [-0.25, -0.2) is 5.43 Å². The first-order valence-corrected chi connectivity index (χ1v) is 7.86. The van der Waals surface area contributed by atoms with Gasteiger partial charge in [-0.05, 0) is 31.2 Å². The number of hydrogen-bond donors (Lipinski definition) is 2. The summed E-state index contributed by atoms with van der Waals surface area (Å²) >= 11 is 0. The topological polar surface area (TPSA) is 75.9 Å². The lowest BCUT2D eigenvalue weighted by Crippen LogP contribution is -2.26. The third kappa shape index (κ3) is 3.98. The van der Waals surface area contributed by atoms with Crippen molar-refractivity contribution in [1.82, 2.24) is 5.43 Å². The Morgan fingerprint density at radius 2 is 1.92 bits per heavy atom. The van der Waals surface area contributed by atoms with Crippen LogP contribution < -0.4 is 15.5 Å². The van der Waals surface area contributed by atoms with E-state index in [9.17, 15) is 4.79 Å². The lowest BCUT2D eigenvalue weighted by Gasteiger charge is -2.09. The molecule has 2 N–H and O–H groups in total. The second kappa shape index (κ2) is 7.53. The summed E-state index contributed by atoms with van der Waals surface area (Å²) in [6.45, 7) is 1.86. The highest BCUT2D eigenvalue weighted by molar-refractivity contribution is 6.00. The van der Waals surface area contributed by atoms with Gasteiger partial charge in [0.1, 0.15) is 17.0 Å². The summed E-state index contributed by atoms with van der Waals surface area (Å²) < 4.78 is 10.9. The zero-order chi connectivity index (χ0) is 17.6. The molecule has 0 saturated carbocycles. The molecule has 3 rings (SSSR count). The van der Waals surface area contributed by atoms with Crippen LogP contribution in [0.25, 0.3) is 11.0 Å². The number of nitrogens with one attached hydrogen (secondary N) is 2. The van der Waals surface area contributed by atoms with E-state index in [0.717, 1.165) is 16.7 Å². The molecule has 2 aromatic carbocycles. The van der Waals surface area contributed by atoms with E-state index < -0.39 is 0 Å². The predicted molar refractivity (Wildman–Crippen MR) is 98.1 cm³/mol. The molecule has 6 nitrogen and oxygen atoms in total. The highest BCUT2D eigenvalue weighted by atomic mass is 16.5. The smallest absolute Gasteiger partial charge is 0.259 e. The van der Waals surface area contributed by atoms with Crippen molar-refractivity contribution in [2.24, 2.45) is 5.10 Å². The maximum atomic E-state index is 12.0. The molecule has 0 atom stereocenters. The van der Waals surface area contributed by atoms with Crippen LogP contribution in [0.2, 0.25) is 0 Å². The summed E-state index contributed by atoms with van der Waals surface area (Å²) in [5.74, 6) is 1.04. The number of carbonyl (C=O) groups excluding carboxylic acids is 1. The third-order valence-corrected chi connectivity index (χ3v) is 3.68. The number of hydrogen-bond acceptors (Lipinski definition) is 5. The Kier molecular flexibility index (Phi) is 4.99. The summed E-state index contributed by atoms with van der Waals surface area (Å²) in [6.07, 6.45) is 0. The van der Waals surface area contributed by atoms with E-state index in [4.69, 9.17) is 9.15 Å². The Morgan fingerprint density at radius 1 is 1.16 bits per heavy atom. The molecule has 0 aliphatic carbocycles. The van der Waals surface area contributed by atoms with Gasteiger partial charge in [0.2, 0.25) is 0 Å². The predicted octanol–water partition coefficient (Wildman–Crippen LogP) is 3.39. The van der Waals surface area contributed by atoms with Gasteiger partial charge in [0.25, 0.3) is 5.91 Å². The van der Waals surface area contributed by atoms with Gasteiger partial charge in [0.15, 0.2) is 5.76 Å². The number of anilines is 1. The van der Waals surface area contributed by atoms with Crippen LogP contribution in [-0.2, 0) is 4.79 Å². The average molecular weight is 337 g/mol. The molecule has 0 radical (unpaired) electrons. The van der Waals surface area contributed by atoms with Crippen molar-refractivity contribution in [2.75, 3.05) is 19.0 Å². The first-order valence-electron chi connectivity index (χ1n) is 7.86. The molecule has 0 unspecified atom stereocenters. The molecule has 25 heavy (non-hydrogen) atoms. The lowest BCUT2D eigenvalue weighted by atomic mass is 10.2. The SMILES string of the molecule is COc1ccccc1NCC(=O)N/N=C(/C)c1cc2ccccc2o1. The molecular weight excluding hydrogens is 318 g/mol. The minimum absolute atomic E-state index is 0.0806. The van der Waals surface area contributed by atoms with Crippen molar-refractivity contribution in [1.29, 1.82) is 0 Å². The lowest BCUT2D eigenvalue weighted by molar-refractivity contribution is -0.119. The number of methoxy groups -OCH3 is 1. The van der Waals surface area contributed by atoms with Crippen molar-refractivity contribution in [3.63, 3.8) is 0 Å². The number of amides is 1. The van der Waals surface area contributed by atoms with Crippen LogP contribution in [0.3, 0.4) is 0 Å². The van der Waals surface area contributed by atoms with E-state index in [1.165, 1.54) is 0 Å². The molecule has 1 amide bonds. The number of carbonyl (C=O) groups is 1. The Morgan fingerprint density at radius 3 is 2.72 bits per heavy atom. The Labute approximate surface area is 145 Å². The second-order valence-corrected chi connectivity index (χ2v) is 5.43. The van der Waals surface area contributed by atoms with E-state index >= 15 is 0 Å². The number of ether oxygens (including phenoxy) is 1. The number of hydrazone groups is 1. The van der Waals surface area contributed by atoms with Gasteiger partial charge in [-0.1, -0.05) is 30.3 Å². The van der Waals surface area contributed by atoms with Crippen molar-refractivity contribution in [2.45, 2.75) is 6.92 Å². The quantitative estimate of drug-likeness (QED) is 0.534. The fourth-order valence-corrected chi connectivity index (χ4v) is 2.37. The first kappa shape index (κ1) is 16.6. The molecular formula is C19H19N3O3. The molecule has 1 heterocycles. The summed E-state index contributed by atoms with van der Waals surface area (Å²) in [7, 11) is 1.58. The zero-order valence-corrected chi connectivity index (χ0v) is 14.1. The molecule has 0 fully saturated rings. The van der Waals surface area contributed by atoms with Gasteiger partial charge in [0, 0.05) is 5.39 Å². The van der Waals surface area contributed by atoms with Crippen LogP contribution >= 0.6 is 0 Å². The Balaban J connectivity index is 1.60. The van der Waals surface area contributed by atoms with Crippen molar-refractivity contribution < 1.29 is 13.9 Å². The number of furan rings is 1. The maximum absolute atomic E-state index is 12.0. The van der Waals surface area contributed by atoms with Crippen LogP contribution in [0.1, 0.15) is 12.7 Å². The monoisotopic (exact) mass is 337 g/mol. The fraction of sp³-hybridized carbons (Fsp3) is 0.158. The number of rotatable bonds is 6. The van der Waals surface area contributed by atoms with E-state index in [1.807, 2.05) is 54.6 Å². The minimum Gasteiger partial charge on any atom is -0.495 e. The van der Waals surface area contributed by atoms with Gasteiger partial charge in [0.05, 0.1) is 19.3 Å². The normalized spacial score (nSPS) is 11.4.